The number of nitrogens with zero attached hydrogens (tertiary/aromatic N) is 2. The molecule has 0 spiro atoms. The van der Waals surface area contributed by atoms with Crippen molar-refractivity contribution in [3.8, 4) is 5.75 Å². The number of carbonyl (C=O) groups is 1. The monoisotopic (exact) mass is 409 g/mol. The maximum absolute atomic E-state index is 12.2. The Morgan fingerprint density at radius 3 is 2.26 bits per heavy atom. The molecule has 2 rings (SSSR count). The van der Waals surface area contributed by atoms with Gasteiger partial charge in [-0.15, -0.1) is 0 Å². The third-order valence-electron chi connectivity index (χ3n) is 3.66. The quantitative estimate of drug-likeness (QED) is 0.562. The van der Waals surface area contributed by atoms with Gasteiger partial charge in [0.2, 0.25) is 10.0 Å². The number of hydrogen-bond acceptors (Lipinski definition) is 5. The molecule has 0 aliphatic carbocycles. The number of carbonyl (C=O) groups excluding carboxylic acids is 1. The third kappa shape index (κ3) is 5.97. The van der Waals surface area contributed by atoms with Gasteiger partial charge in [-0.3, -0.25) is 9.10 Å². The molecule has 0 fully saturated rings. The molecule has 0 heterocycles. The first-order valence-corrected chi connectivity index (χ1v) is 10.1. The zero-order valence-electron chi connectivity index (χ0n) is 15.1. The number of sulfonamides is 1. The summed E-state index contributed by atoms with van der Waals surface area (Å²) in [6.45, 7) is 1.33. The van der Waals surface area contributed by atoms with Gasteiger partial charge in [0.05, 0.1) is 24.8 Å². The Labute approximate surface area is 163 Å². The lowest BCUT2D eigenvalue weighted by molar-refractivity contribution is -0.119. The number of rotatable bonds is 7. The Balaban J connectivity index is 2.09. The van der Waals surface area contributed by atoms with Crippen LogP contribution in [0.3, 0.4) is 0 Å². The number of hydrazone groups is 1. The second kappa shape index (κ2) is 8.88. The van der Waals surface area contributed by atoms with Crippen LogP contribution >= 0.6 is 11.6 Å². The van der Waals surface area contributed by atoms with Crippen LogP contribution < -0.4 is 14.5 Å². The fourth-order valence-electron chi connectivity index (χ4n) is 2.22. The normalized spacial score (nSPS) is 11.8. The topological polar surface area (TPSA) is 88.1 Å². The molecule has 7 nitrogen and oxygen atoms in total. The summed E-state index contributed by atoms with van der Waals surface area (Å²) in [5.41, 5.74) is 4.09. The summed E-state index contributed by atoms with van der Waals surface area (Å²) < 4.78 is 30.1. The molecule has 2 aromatic rings. The maximum atomic E-state index is 12.2. The van der Waals surface area contributed by atoms with Gasteiger partial charge in [-0.25, -0.2) is 13.8 Å². The lowest BCUT2D eigenvalue weighted by Crippen LogP contribution is -2.39. The molecular formula is C18H20ClN3O4S. The second-order valence-corrected chi connectivity index (χ2v) is 8.05. The predicted molar refractivity (Wildman–Crippen MR) is 107 cm³/mol. The first kappa shape index (κ1) is 20.7. The van der Waals surface area contributed by atoms with E-state index in [1.165, 1.54) is 12.1 Å². The molecule has 0 unspecified atom stereocenters. The molecule has 0 atom stereocenters. The highest BCUT2D eigenvalue weighted by atomic mass is 35.5. The van der Waals surface area contributed by atoms with E-state index in [1.54, 1.807) is 50.4 Å². The smallest absolute Gasteiger partial charge is 0.260 e. The minimum Gasteiger partial charge on any atom is -0.497 e. The molecule has 144 valence electrons. The summed E-state index contributed by atoms with van der Waals surface area (Å²) in [7, 11) is -2.08. The van der Waals surface area contributed by atoms with E-state index < -0.39 is 22.5 Å². The van der Waals surface area contributed by atoms with Crippen molar-refractivity contribution in [3.63, 3.8) is 0 Å². The molecular weight excluding hydrogens is 390 g/mol. The van der Waals surface area contributed by atoms with Gasteiger partial charge in [-0.1, -0.05) is 11.6 Å². The van der Waals surface area contributed by atoms with Gasteiger partial charge in [0.15, 0.2) is 0 Å². The van der Waals surface area contributed by atoms with Crippen molar-refractivity contribution in [2.24, 2.45) is 5.10 Å². The molecule has 0 bridgehead atoms. The first-order valence-electron chi connectivity index (χ1n) is 7.91. The largest absolute Gasteiger partial charge is 0.497 e. The van der Waals surface area contributed by atoms with Crippen molar-refractivity contribution in [2.75, 3.05) is 24.2 Å². The van der Waals surface area contributed by atoms with Gasteiger partial charge in [0, 0.05) is 5.02 Å². The lowest BCUT2D eigenvalue weighted by Gasteiger charge is -2.21. The third-order valence-corrected chi connectivity index (χ3v) is 5.05. The fourth-order valence-corrected chi connectivity index (χ4v) is 3.20. The molecule has 0 aromatic heterocycles. The SMILES string of the molecule is COc1ccc(/C(C)=N\NC(=O)CN(c2ccc(Cl)cc2)S(C)(=O)=O)cc1. The van der Waals surface area contributed by atoms with Crippen molar-refractivity contribution in [2.45, 2.75) is 6.92 Å². The zero-order chi connectivity index (χ0) is 20.0. The Kier molecular flexibility index (Phi) is 6.81. The van der Waals surface area contributed by atoms with Crippen molar-refractivity contribution in [3.05, 3.63) is 59.1 Å². The summed E-state index contributed by atoms with van der Waals surface area (Å²) in [6, 6.07) is 13.3. The van der Waals surface area contributed by atoms with Crippen LogP contribution in [0.5, 0.6) is 5.75 Å². The van der Waals surface area contributed by atoms with E-state index in [0.717, 1.165) is 16.1 Å². The highest BCUT2D eigenvalue weighted by Gasteiger charge is 2.20. The molecule has 0 saturated heterocycles. The van der Waals surface area contributed by atoms with E-state index in [9.17, 15) is 13.2 Å². The average Bonchev–Trinajstić information content (AvgIpc) is 2.64. The van der Waals surface area contributed by atoms with Gasteiger partial charge in [-0.05, 0) is 61.0 Å². The van der Waals surface area contributed by atoms with E-state index in [1.807, 2.05) is 0 Å². The summed E-state index contributed by atoms with van der Waals surface area (Å²) >= 11 is 5.83. The summed E-state index contributed by atoms with van der Waals surface area (Å²) in [5.74, 6) is 0.144. The number of anilines is 1. The van der Waals surface area contributed by atoms with Crippen molar-refractivity contribution < 1.29 is 17.9 Å². The van der Waals surface area contributed by atoms with Crippen LogP contribution in [0.1, 0.15) is 12.5 Å². The van der Waals surface area contributed by atoms with E-state index >= 15 is 0 Å². The number of hydrogen-bond donors (Lipinski definition) is 1. The number of nitrogens with one attached hydrogen (secondary N) is 1. The van der Waals surface area contributed by atoms with Gasteiger partial charge in [0.25, 0.3) is 5.91 Å². The number of amides is 1. The fraction of sp³-hybridized carbons (Fsp3) is 0.222. The predicted octanol–water partition coefficient (Wildman–Crippen LogP) is 2.66. The van der Waals surface area contributed by atoms with Crippen molar-refractivity contribution >= 4 is 38.9 Å². The van der Waals surface area contributed by atoms with E-state index in [4.69, 9.17) is 16.3 Å². The molecule has 2 aromatic carbocycles. The van der Waals surface area contributed by atoms with Crippen molar-refractivity contribution in [1.29, 1.82) is 0 Å². The highest BCUT2D eigenvalue weighted by molar-refractivity contribution is 7.92. The zero-order valence-corrected chi connectivity index (χ0v) is 16.7. The highest BCUT2D eigenvalue weighted by Crippen LogP contribution is 2.20. The first-order chi connectivity index (χ1) is 12.7. The number of benzene rings is 2. The second-order valence-electron chi connectivity index (χ2n) is 5.71. The van der Waals surface area contributed by atoms with Crippen LogP contribution in [0.25, 0.3) is 0 Å². The summed E-state index contributed by atoms with van der Waals surface area (Å²) in [6.07, 6.45) is 1.03. The van der Waals surface area contributed by atoms with Crippen LogP contribution in [-0.4, -0.2) is 39.9 Å². The van der Waals surface area contributed by atoms with E-state index in [2.05, 4.69) is 10.5 Å². The molecule has 0 saturated carbocycles. The van der Waals surface area contributed by atoms with Gasteiger partial charge in [-0.2, -0.15) is 5.10 Å². The number of methoxy groups -OCH3 is 1. The molecule has 27 heavy (non-hydrogen) atoms. The van der Waals surface area contributed by atoms with Crippen LogP contribution in [-0.2, 0) is 14.8 Å². The standard InChI is InChI=1S/C18H20ClN3O4S/c1-13(14-4-10-17(26-2)11-5-14)20-21-18(23)12-22(27(3,24)25)16-8-6-15(19)7-9-16/h4-11H,12H2,1-3H3,(H,21,23)/b20-13-. The Morgan fingerprint density at radius 1 is 1.15 bits per heavy atom. The van der Waals surface area contributed by atoms with Crippen LogP contribution in [0.2, 0.25) is 5.02 Å². The van der Waals surface area contributed by atoms with Crippen LogP contribution in [0.15, 0.2) is 53.6 Å². The Bertz CT molecular complexity index is 926. The average molecular weight is 410 g/mol. The van der Waals surface area contributed by atoms with Gasteiger partial charge < -0.3 is 4.74 Å². The van der Waals surface area contributed by atoms with E-state index in [0.29, 0.717) is 22.2 Å². The molecule has 1 amide bonds. The lowest BCUT2D eigenvalue weighted by atomic mass is 10.1. The Hall–Kier alpha value is -2.58. The van der Waals surface area contributed by atoms with Crippen LogP contribution in [0.4, 0.5) is 5.69 Å². The van der Waals surface area contributed by atoms with Crippen LogP contribution in [0, 0.1) is 0 Å². The summed E-state index contributed by atoms with van der Waals surface area (Å²) in [5, 5.41) is 4.50. The molecule has 0 aliphatic rings. The number of ether oxygens (including phenoxy) is 1. The molecule has 0 radical (unpaired) electrons. The Morgan fingerprint density at radius 2 is 1.74 bits per heavy atom. The van der Waals surface area contributed by atoms with Crippen molar-refractivity contribution in [1.82, 2.24) is 5.43 Å². The minimum atomic E-state index is -3.66. The van der Waals surface area contributed by atoms with Gasteiger partial charge in [0.1, 0.15) is 12.3 Å². The number of halogens is 1. The van der Waals surface area contributed by atoms with Gasteiger partial charge >= 0.3 is 0 Å². The minimum absolute atomic E-state index is 0.341. The molecule has 1 N–H and O–H groups in total. The maximum Gasteiger partial charge on any atom is 0.260 e. The van der Waals surface area contributed by atoms with E-state index in [-0.39, 0.29) is 0 Å². The molecule has 0 aliphatic heterocycles. The summed E-state index contributed by atoms with van der Waals surface area (Å²) in [4.78, 5) is 12.2. The molecule has 9 heteroatoms.